The fourth-order valence-electron chi connectivity index (χ4n) is 1.86. The summed E-state index contributed by atoms with van der Waals surface area (Å²) in [6.07, 6.45) is 4.38. The number of unbranched alkanes of at least 4 members (excludes halogenated alkanes) is 1. The molecule has 0 bridgehead atoms. The van der Waals surface area contributed by atoms with Crippen molar-refractivity contribution >= 4 is 5.69 Å². The summed E-state index contributed by atoms with van der Waals surface area (Å²) >= 11 is 0. The number of nitrogens with one attached hydrogen (secondary N) is 1. The normalized spacial score (nSPS) is 12.5. The van der Waals surface area contributed by atoms with Crippen molar-refractivity contribution in [3.8, 4) is 0 Å². The van der Waals surface area contributed by atoms with Crippen molar-refractivity contribution < 1.29 is 13.2 Å². The third-order valence-corrected chi connectivity index (χ3v) is 3.12. The van der Waals surface area contributed by atoms with E-state index in [1.165, 1.54) is 0 Å². The summed E-state index contributed by atoms with van der Waals surface area (Å²) < 4.78 is 38.8. The van der Waals surface area contributed by atoms with Gasteiger partial charge in [-0.05, 0) is 12.3 Å². The van der Waals surface area contributed by atoms with E-state index >= 15 is 0 Å². The van der Waals surface area contributed by atoms with Gasteiger partial charge in [-0.15, -0.1) is 0 Å². The predicted molar refractivity (Wildman–Crippen MR) is 68.1 cm³/mol. The van der Waals surface area contributed by atoms with Crippen LogP contribution < -0.4 is 5.32 Å². The van der Waals surface area contributed by atoms with Gasteiger partial charge in [0.15, 0.2) is 17.5 Å². The van der Waals surface area contributed by atoms with Crippen LogP contribution in [0.1, 0.15) is 39.5 Å². The summed E-state index contributed by atoms with van der Waals surface area (Å²) in [5.74, 6) is -3.25. The van der Waals surface area contributed by atoms with Crippen LogP contribution in [0.3, 0.4) is 0 Å². The Morgan fingerprint density at radius 2 is 1.72 bits per heavy atom. The number of benzene rings is 1. The first kappa shape index (κ1) is 14.9. The Bertz CT molecular complexity index is 356. The Labute approximate surface area is 106 Å². The molecule has 0 aliphatic heterocycles. The number of halogens is 3. The highest BCUT2D eigenvalue weighted by Gasteiger charge is 2.11. The summed E-state index contributed by atoms with van der Waals surface area (Å²) in [5.41, 5.74) is 0.293. The minimum atomic E-state index is -1.42. The Hall–Kier alpha value is -1.19. The zero-order valence-electron chi connectivity index (χ0n) is 10.9. The second kappa shape index (κ2) is 7.29. The molecule has 1 N–H and O–H groups in total. The molecule has 0 aromatic heterocycles. The van der Waals surface area contributed by atoms with Crippen molar-refractivity contribution in [1.29, 1.82) is 0 Å². The first-order valence-corrected chi connectivity index (χ1v) is 6.46. The molecule has 1 nitrogen and oxygen atoms in total. The van der Waals surface area contributed by atoms with Crippen molar-refractivity contribution in [2.45, 2.75) is 39.5 Å². The summed E-state index contributed by atoms with van der Waals surface area (Å²) in [6, 6.07) is 1.98. The van der Waals surface area contributed by atoms with Crippen molar-refractivity contribution in [3.05, 3.63) is 29.6 Å². The molecule has 0 aliphatic rings. The van der Waals surface area contributed by atoms with E-state index in [2.05, 4.69) is 19.2 Å². The lowest BCUT2D eigenvalue weighted by Gasteiger charge is -2.16. The van der Waals surface area contributed by atoms with Crippen LogP contribution in [0.4, 0.5) is 18.9 Å². The van der Waals surface area contributed by atoms with Crippen LogP contribution >= 0.6 is 0 Å². The highest BCUT2D eigenvalue weighted by molar-refractivity contribution is 5.44. The molecular formula is C14H20F3N. The number of rotatable bonds is 7. The number of anilines is 1. The second-order valence-corrected chi connectivity index (χ2v) is 4.55. The summed E-state index contributed by atoms with van der Waals surface area (Å²) in [6.45, 7) is 4.87. The molecule has 0 amide bonds. The highest BCUT2D eigenvalue weighted by Crippen LogP contribution is 2.19. The van der Waals surface area contributed by atoms with Crippen LogP contribution in [0.2, 0.25) is 0 Å². The van der Waals surface area contributed by atoms with Gasteiger partial charge in [0.1, 0.15) is 0 Å². The molecule has 4 heteroatoms. The smallest absolute Gasteiger partial charge is 0.194 e. The Morgan fingerprint density at radius 3 is 2.22 bits per heavy atom. The lowest BCUT2D eigenvalue weighted by Crippen LogP contribution is -2.14. The van der Waals surface area contributed by atoms with Gasteiger partial charge >= 0.3 is 0 Å². The van der Waals surface area contributed by atoms with Gasteiger partial charge < -0.3 is 5.32 Å². The molecule has 1 rings (SSSR count). The van der Waals surface area contributed by atoms with Gasteiger partial charge in [-0.25, -0.2) is 13.2 Å². The van der Waals surface area contributed by atoms with Crippen LogP contribution in [-0.4, -0.2) is 6.54 Å². The molecule has 1 unspecified atom stereocenters. The van der Waals surface area contributed by atoms with Gasteiger partial charge in [0, 0.05) is 24.4 Å². The maximum atomic E-state index is 13.0. The Morgan fingerprint density at radius 1 is 1.11 bits per heavy atom. The number of hydrogen-bond donors (Lipinski definition) is 1. The average Bonchev–Trinajstić information content (AvgIpc) is 2.36. The number of hydrogen-bond acceptors (Lipinski definition) is 1. The van der Waals surface area contributed by atoms with Crippen LogP contribution in [0, 0.1) is 23.4 Å². The largest absolute Gasteiger partial charge is 0.385 e. The van der Waals surface area contributed by atoms with Gasteiger partial charge in [-0.1, -0.05) is 33.1 Å². The Balaban J connectivity index is 2.57. The molecule has 0 radical (unpaired) electrons. The lowest BCUT2D eigenvalue weighted by atomic mass is 9.99. The van der Waals surface area contributed by atoms with E-state index in [1.807, 2.05) is 0 Å². The minimum absolute atomic E-state index is 0.293. The van der Waals surface area contributed by atoms with Crippen LogP contribution in [0.25, 0.3) is 0 Å². The predicted octanol–water partition coefficient (Wildman–Crippen LogP) is 4.73. The van der Waals surface area contributed by atoms with Crippen molar-refractivity contribution in [2.75, 3.05) is 11.9 Å². The van der Waals surface area contributed by atoms with Gasteiger partial charge in [0.2, 0.25) is 0 Å². The maximum absolute atomic E-state index is 13.0. The second-order valence-electron chi connectivity index (χ2n) is 4.55. The molecule has 102 valence electrons. The van der Waals surface area contributed by atoms with E-state index in [4.69, 9.17) is 0 Å². The quantitative estimate of drug-likeness (QED) is 0.698. The average molecular weight is 259 g/mol. The molecule has 1 atom stereocenters. The van der Waals surface area contributed by atoms with Crippen LogP contribution in [0.5, 0.6) is 0 Å². The minimum Gasteiger partial charge on any atom is -0.385 e. The van der Waals surface area contributed by atoms with Crippen molar-refractivity contribution in [1.82, 2.24) is 0 Å². The third kappa shape index (κ3) is 4.24. The molecule has 0 saturated carbocycles. The molecule has 0 saturated heterocycles. The van der Waals surface area contributed by atoms with E-state index in [0.29, 0.717) is 18.2 Å². The first-order chi connectivity index (χ1) is 8.58. The van der Waals surface area contributed by atoms with Gasteiger partial charge in [0.25, 0.3) is 0 Å². The Kier molecular flexibility index (Phi) is 6.02. The van der Waals surface area contributed by atoms with Crippen LogP contribution in [-0.2, 0) is 0 Å². The lowest BCUT2D eigenvalue weighted by molar-refractivity contribution is 0.446. The third-order valence-electron chi connectivity index (χ3n) is 3.12. The maximum Gasteiger partial charge on any atom is 0.194 e. The zero-order valence-corrected chi connectivity index (χ0v) is 10.9. The van der Waals surface area contributed by atoms with Gasteiger partial charge in [-0.3, -0.25) is 0 Å². The van der Waals surface area contributed by atoms with E-state index in [9.17, 15) is 13.2 Å². The molecule has 0 aliphatic carbocycles. The summed E-state index contributed by atoms with van der Waals surface area (Å²) in [7, 11) is 0. The van der Waals surface area contributed by atoms with Gasteiger partial charge in [0.05, 0.1) is 0 Å². The zero-order chi connectivity index (χ0) is 13.5. The molecule has 1 aromatic rings. The molecule has 18 heavy (non-hydrogen) atoms. The monoisotopic (exact) mass is 259 g/mol. The summed E-state index contributed by atoms with van der Waals surface area (Å²) in [4.78, 5) is 0. The van der Waals surface area contributed by atoms with Gasteiger partial charge in [-0.2, -0.15) is 0 Å². The van der Waals surface area contributed by atoms with Crippen molar-refractivity contribution in [2.24, 2.45) is 5.92 Å². The molecule has 0 spiro atoms. The fourth-order valence-corrected chi connectivity index (χ4v) is 1.86. The fraction of sp³-hybridized carbons (Fsp3) is 0.571. The molecule has 1 aromatic carbocycles. The standard InChI is InChI=1S/C14H20F3N/c1-3-5-6-10(4-2)9-18-11-7-12(15)14(17)13(16)8-11/h7-8,10,18H,3-6,9H2,1-2H3. The van der Waals surface area contributed by atoms with Crippen molar-refractivity contribution in [3.63, 3.8) is 0 Å². The SMILES string of the molecule is CCCCC(CC)CNc1cc(F)c(F)c(F)c1. The van der Waals surface area contributed by atoms with E-state index < -0.39 is 17.5 Å². The van der Waals surface area contributed by atoms with E-state index in [1.54, 1.807) is 0 Å². The topological polar surface area (TPSA) is 12.0 Å². The van der Waals surface area contributed by atoms with Crippen LogP contribution in [0.15, 0.2) is 12.1 Å². The molecule has 0 heterocycles. The molecule has 0 fully saturated rings. The summed E-state index contributed by atoms with van der Waals surface area (Å²) in [5, 5.41) is 2.97. The van der Waals surface area contributed by atoms with E-state index in [0.717, 1.165) is 37.8 Å². The first-order valence-electron chi connectivity index (χ1n) is 6.46. The highest BCUT2D eigenvalue weighted by atomic mass is 19.2. The van der Waals surface area contributed by atoms with E-state index in [-0.39, 0.29) is 0 Å². The molecular weight excluding hydrogens is 239 g/mol.